The van der Waals surface area contributed by atoms with Crippen LogP contribution in [-0.2, 0) is 6.54 Å². The van der Waals surface area contributed by atoms with Crippen molar-refractivity contribution in [3.63, 3.8) is 0 Å². The Morgan fingerprint density at radius 2 is 2.18 bits per heavy atom. The summed E-state index contributed by atoms with van der Waals surface area (Å²) in [6.45, 7) is 4.75. The third kappa shape index (κ3) is 2.60. The molecule has 5 heteroatoms. The summed E-state index contributed by atoms with van der Waals surface area (Å²) in [6.07, 6.45) is 6.70. The van der Waals surface area contributed by atoms with Gasteiger partial charge < -0.3 is 5.73 Å². The lowest BCUT2D eigenvalue weighted by atomic mass is 10.0. The van der Waals surface area contributed by atoms with Gasteiger partial charge in [-0.1, -0.05) is 12.2 Å². The van der Waals surface area contributed by atoms with Crippen LogP contribution in [-0.4, -0.2) is 14.1 Å². The van der Waals surface area contributed by atoms with Crippen LogP contribution in [0.4, 0.5) is 0 Å². The Hall–Kier alpha value is -1.10. The third-order valence-electron chi connectivity index (χ3n) is 3.44. The van der Waals surface area contributed by atoms with Crippen molar-refractivity contribution < 1.29 is 0 Å². The first-order valence-corrected chi connectivity index (χ1v) is 6.40. The first-order valence-electron chi connectivity index (χ1n) is 5.99. The van der Waals surface area contributed by atoms with Gasteiger partial charge in [-0.15, -0.1) is 0 Å². The van der Waals surface area contributed by atoms with Crippen LogP contribution in [0.25, 0.3) is 0 Å². The van der Waals surface area contributed by atoms with Gasteiger partial charge >= 0.3 is 5.69 Å². The van der Waals surface area contributed by atoms with Gasteiger partial charge in [0.05, 0.1) is 4.99 Å². The predicted molar refractivity (Wildman–Crippen MR) is 72.1 cm³/mol. The number of imidazole rings is 1. The van der Waals surface area contributed by atoms with E-state index in [1.54, 1.807) is 9.13 Å². The molecule has 1 aliphatic rings. The Bertz CT molecular complexity index is 482. The Morgan fingerprint density at radius 1 is 1.53 bits per heavy atom. The molecule has 4 nitrogen and oxygen atoms in total. The summed E-state index contributed by atoms with van der Waals surface area (Å²) in [7, 11) is 0. The van der Waals surface area contributed by atoms with Gasteiger partial charge in [0.1, 0.15) is 0 Å². The molecule has 0 saturated heterocycles. The zero-order chi connectivity index (χ0) is 12.6. The summed E-state index contributed by atoms with van der Waals surface area (Å²) in [6, 6.07) is 0.203. The quantitative estimate of drug-likeness (QED) is 0.812. The van der Waals surface area contributed by atoms with Gasteiger partial charge in [0.2, 0.25) is 0 Å². The van der Waals surface area contributed by atoms with Crippen molar-refractivity contribution in [3.8, 4) is 0 Å². The molecule has 1 heterocycles. The van der Waals surface area contributed by atoms with Crippen LogP contribution in [0.2, 0.25) is 0 Å². The molecular weight excluding hydrogens is 234 g/mol. The summed E-state index contributed by atoms with van der Waals surface area (Å²) in [4.78, 5) is 12.6. The standard InChI is InChI=1S/C12H19N3OS/c1-9(2)15-6-5-14(11(15)16)8-12(3-4-12)7-10(13)17/h5-6,9H,3-4,7-8H2,1-2H3,(H2,13,17). The van der Waals surface area contributed by atoms with E-state index in [9.17, 15) is 4.79 Å². The van der Waals surface area contributed by atoms with Crippen molar-refractivity contribution in [2.75, 3.05) is 0 Å². The van der Waals surface area contributed by atoms with Gasteiger partial charge in [-0.2, -0.15) is 0 Å². The highest BCUT2D eigenvalue weighted by molar-refractivity contribution is 7.80. The smallest absolute Gasteiger partial charge is 0.328 e. The van der Waals surface area contributed by atoms with E-state index in [0.29, 0.717) is 4.99 Å². The number of rotatable bonds is 5. The highest BCUT2D eigenvalue weighted by Crippen LogP contribution is 2.49. The second kappa shape index (κ2) is 4.29. The molecule has 1 saturated carbocycles. The average Bonchev–Trinajstić information content (AvgIpc) is 2.84. The molecule has 1 aromatic heterocycles. The molecule has 0 bridgehead atoms. The summed E-state index contributed by atoms with van der Waals surface area (Å²) >= 11 is 4.96. The molecule has 0 aromatic carbocycles. The second-order valence-electron chi connectivity index (χ2n) is 5.35. The minimum atomic E-state index is 0.0641. The van der Waals surface area contributed by atoms with Gasteiger partial charge in [0, 0.05) is 31.4 Å². The summed E-state index contributed by atoms with van der Waals surface area (Å²) in [5.41, 5.74) is 5.82. The van der Waals surface area contributed by atoms with Crippen LogP contribution in [0.5, 0.6) is 0 Å². The van der Waals surface area contributed by atoms with Gasteiger partial charge in [-0.3, -0.25) is 9.13 Å². The molecule has 0 amide bonds. The predicted octanol–water partition coefficient (Wildman–Crippen LogP) is 1.69. The normalized spacial score (nSPS) is 17.4. The number of hydrogen-bond acceptors (Lipinski definition) is 2. The Kier molecular flexibility index (Phi) is 3.12. The number of aromatic nitrogens is 2. The number of thiocarbonyl (C=S) groups is 1. The second-order valence-corrected chi connectivity index (χ2v) is 5.88. The lowest BCUT2D eigenvalue weighted by Gasteiger charge is -2.14. The molecule has 0 atom stereocenters. The minimum Gasteiger partial charge on any atom is -0.393 e. The average molecular weight is 253 g/mol. The lowest BCUT2D eigenvalue weighted by molar-refractivity contribution is 0.422. The van der Waals surface area contributed by atoms with E-state index in [1.165, 1.54) is 0 Å². The fraction of sp³-hybridized carbons (Fsp3) is 0.667. The monoisotopic (exact) mass is 253 g/mol. The highest BCUT2D eigenvalue weighted by atomic mass is 32.1. The minimum absolute atomic E-state index is 0.0641. The first-order chi connectivity index (χ1) is 7.93. The lowest BCUT2D eigenvalue weighted by Crippen LogP contribution is -2.29. The number of nitrogens with zero attached hydrogens (tertiary/aromatic N) is 2. The van der Waals surface area contributed by atoms with Crippen molar-refractivity contribution in [2.24, 2.45) is 11.1 Å². The first kappa shape index (κ1) is 12.4. The number of nitrogens with two attached hydrogens (primary N) is 1. The van der Waals surface area contributed by atoms with E-state index in [-0.39, 0.29) is 17.1 Å². The van der Waals surface area contributed by atoms with Crippen molar-refractivity contribution in [3.05, 3.63) is 22.9 Å². The highest BCUT2D eigenvalue weighted by Gasteiger charge is 2.43. The van der Waals surface area contributed by atoms with Gasteiger partial charge in [0.15, 0.2) is 0 Å². The Morgan fingerprint density at radius 3 is 2.59 bits per heavy atom. The molecule has 1 aromatic rings. The van der Waals surface area contributed by atoms with Gasteiger partial charge in [-0.25, -0.2) is 4.79 Å². The molecule has 2 N–H and O–H groups in total. The van der Waals surface area contributed by atoms with E-state index in [0.717, 1.165) is 25.8 Å². The molecule has 1 fully saturated rings. The van der Waals surface area contributed by atoms with Crippen LogP contribution < -0.4 is 11.4 Å². The van der Waals surface area contributed by atoms with Gasteiger partial charge in [0.25, 0.3) is 0 Å². The molecule has 0 unspecified atom stereocenters. The van der Waals surface area contributed by atoms with Crippen LogP contribution in [0.15, 0.2) is 17.2 Å². The molecule has 2 rings (SSSR count). The fourth-order valence-electron chi connectivity index (χ4n) is 2.24. The van der Waals surface area contributed by atoms with E-state index < -0.39 is 0 Å². The summed E-state index contributed by atoms with van der Waals surface area (Å²) < 4.78 is 3.53. The molecule has 1 aliphatic carbocycles. The summed E-state index contributed by atoms with van der Waals surface area (Å²) in [5.74, 6) is 0. The maximum absolute atomic E-state index is 12.1. The SMILES string of the molecule is CC(C)n1ccn(CC2(CC(N)=S)CC2)c1=O. The summed E-state index contributed by atoms with van der Waals surface area (Å²) in [5, 5.41) is 0. The van der Waals surface area contributed by atoms with E-state index in [1.807, 2.05) is 26.2 Å². The maximum atomic E-state index is 12.1. The third-order valence-corrected chi connectivity index (χ3v) is 3.59. The Balaban J connectivity index is 2.15. The van der Waals surface area contributed by atoms with Crippen molar-refractivity contribution in [1.29, 1.82) is 0 Å². The van der Waals surface area contributed by atoms with E-state index in [2.05, 4.69) is 0 Å². The van der Waals surface area contributed by atoms with Crippen LogP contribution in [0.3, 0.4) is 0 Å². The molecule has 17 heavy (non-hydrogen) atoms. The van der Waals surface area contributed by atoms with E-state index >= 15 is 0 Å². The largest absolute Gasteiger partial charge is 0.393 e. The van der Waals surface area contributed by atoms with Crippen molar-refractivity contribution in [2.45, 2.75) is 45.7 Å². The molecule has 0 aliphatic heterocycles. The van der Waals surface area contributed by atoms with Crippen LogP contribution in [0, 0.1) is 5.41 Å². The number of hydrogen-bond donors (Lipinski definition) is 1. The molecular formula is C12H19N3OS. The van der Waals surface area contributed by atoms with Crippen LogP contribution >= 0.6 is 12.2 Å². The van der Waals surface area contributed by atoms with Crippen molar-refractivity contribution >= 4 is 17.2 Å². The molecule has 0 spiro atoms. The zero-order valence-electron chi connectivity index (χ0n) is 10.3. The zero-order valence-corrected chi connectivity index (χ0v) is 11.2. The van der Waals surface area contributed by atoms with Crippen molar-refractivity contribution in [1.82, 2.24) is 9.13 Å². The van der Waals surface area contributed by atoms with Gasteiger partial charge in [-0.05, 0) is 32.1 Å². The Labute approximate surface area is 106 Å². The fourth-order valence-corrected chi connectivity index (χ4v) is 2.55. The topological polar surface area (TPSA) is 52.9 Å². The molecule has 94 valence electrons. The van der Waals surface area contributed by atoms with Crippen LogP contribution in [0.1, 0.15) is 39.2 Å². The van der Waals surface area contributed by atoms with E-state index in [4.69, 9.17) is 18.0 Å². The molecule has 0 radical (unpaired) electrons. The maximum Gasteiger partial charge on any atom is 0.328 e.